The number of piperidine rings is 1. The third-order valence-electron chi connectivity index (χ3n) is 3.93. The molecule has 22 heavy (non-hydrogen) atoms. The zero-order chi connectivity index (χ0) is 16.2. The summed E-state index contributed by atoms with van der Waals surface area (Å²) >= 11 is 0. The van der Waals surface area contributed by atoms with Crippen molar-refractivity contribution >= 4 is 11.7 Å². The van der Waals surface area contributed by atoms with Crippen LogP contribution in [0.15, 0.2) is 36.5 Å². The molecule has 0 spiro atoms. The first-order valence-electron chi connectivity index (χ1n) is 7.14. The molecule has 6 nitrogen and oxygen atoms in total. The molecule has 116 valence electrons. The first-order valence-corrected chi connectivity index (χ1v) is 7.14. The first-order chi connectivity index (χ1) is 10.5. The molecular weight excluding hydrogens is 282 g/mol. The number of likely N-dealkylation sites (tertiary alicyclic amines) is 1. The van der Waals surface area contributed by atoms with Crippen LogP contribution in [0.1, 0.15) is 12.8 Å². The third-order valence-corrected chi connectivity index (χ3v) is 3.93. The van der Waals surface area contributed by atoms with Gasteiger partial charge in [0.1, 0.15) is 6.04 Å². The fraction of sp³-hybridized carbons (Fsp3) is 0.438. The Morgan fingerprint density at radius 1 is 1.59 bits per heavy atom. The predicted molar refractivity (Wildman–Crippen MR) is 80.6 cm³/mol. The van der Waals surface area contributed by atoms with E-state index in [-0.39, 0.29) is 31.1 Å². The number of carbonyl (C=O) groups is 2. The molecule has 0 aromatic heterocycles. The van der Waals surface area contributed by atoms with Gasteiger partial charge in [-0.25, -0.2) is 0 Å². The normalized spacial score (nSPS) is 28.3. The summed E-state index contributed by atoms with van der Waals surface area (Å²) in [5, 5.41) is 21.7. The van der Waals surface area contributed by atoms with Gasteiger partial charge in [0.05, 0.1) is 18.2 Å². The number of hydrogen-bond donors (Lipinski definition) is 2. The van der Waals surface area contributed by atoms with Gasteiger partial charge in [0.2, 0.25) is 5.91 Å². The molecule has 1 fully saturated rings. The van der Waals surface area contributed by atoms with E-state index in [1.165, 1.54) is 0 Å². The molecule has 1 aliphatic carbocycles. The highest BCUT2D eigenvalue weighted by Crippen LogP contribution is 2.24. The molecule has 2 atom stereocenters. The molecule has 0 aromatic rings. The Labute approximate surface area is 129 Å². The largest absolute Gasteiger partial charge is 0.394 e. The number of nitrogens with one attached hydrogen (secondary N) is 1. The second-order valence-corrected chi connectivity index (χ2v) is 5.52. The second kappa shape index (κ2) is 6.69. The lowest BCUT2D eigenvalue weighted by Crippen LogP contribution is -2.63. The van der Waals surface area contributed by atoms with Crippen LogP contribution in [0, 0.1) is 11.3 Å². The molecule has 2 N–H and O–H groups in total. The van der Waals surface area contributed by atoms with Crippen molar-refractivity contribution < 1.29 is 14.7 Å². The summed E-state index contributed by atoms with van der Waals surface area (Å²) in [6.45, 7) is 4.07. The number of ketones is 1. The van der Waals surface area contributed by atoms with Gasteiger partial charge in [-0.3, -0.25) is 14.9 Å². The van der Waals surface area contributed by atoms with E-state index in [1.807, 2.05) is 6.07 Å². The van der Waals surface area contributed by atoms with Gasteiger partial charge < -0.3 is 10.0 Å². The number of rotatable bonds is 5. The summed E-state index contributed by atoms with van der Waals surface area (Å²) < 4.78 is 0. The van der Waals surface area contributed by atoms with Crippen molar-refractivity contribution in [2.24, 2.45) is 0 Å². The van der Waals surface area contributed by atoms with Gasteiger partial charge in [0.25, 0.3) is 0 Å². The van der Waals surface area contributed by atoms with Gasteiger partial charge in [-0.05, 0) is 6.08 Å². The van der Waals surface area contributed by atoms with Crippen LogP contribution >= 0.6 is 0 Å². The number of amides is 1. The van der Waals surface area contributed by atoms with Crippen LogP contribution in [-0.2, 0) is 9.59 Å². The van der Waals surface area contributed by atoms with Crippen LogP contribution in [0.25, 0.3) is 0 Å². The van der Waals surface area contributed by atoms with Crippen molar-refractivity contribution in [1.29, 1.82) is 5.26 Å². The molecule has 0 radical (unpaired) electrons. The summed E-state index contributed by atoms with van der Waals surface area (Å²) in [5.74, 6) is -0.509. The number of carbonyl (C=O) groups excluding carboxylic acids is 2. The number of nitriles is 1. The van der Waals surface area contributed by atoms with E-state index in [0.717, 1.165) is 0 Å². The fourth-order valence-electron chi connectivity index (χ4n) is 2.72. The van der Waals surface area contributed by atoms with Crippen LogP contribution < -0.4 is 5.32 Å². The summed E-state index contributed by atoms with van der Waals surface area (Å²) in [5.41, 5.74) is -0.477. The topological polar surface area (TPSA) is 93.4 Å². The number of aliphatic hydroxyl groups is 1. The fourth-order valence-corrected chi connectivity index (χ4v) is 2.72. The van der Waals surface area contributed by atoms with Gasteiger partial charge in [0.15, 0.2) is 5.78 Å². The van der Waals surface area contributed by atoms with Crippen LogP contribution in [-0.4, -0.2) is 53.0 Å². The van der Waals surface area contributed by atoms with E-state index in [9.17, 15) is 14.7 Å². The van der Waals surface area contributed by atoms with Crippen molar-refractivity contribution in [3.63, 3.8) is 0 Å². The molecule has 0 aromatic carbocycles. The lowest BCUT2D eigenvalue weighted by molar-refractivity contribution is -0.143. The molecule has 6 heteroatoms. The van der Waals surface area contributed by atoms with E-state index in [2.05, 4.69) is 11.9 Å². The molecule has 1 saturated heterocycles. The lowest BCUT2D eigenvalue weighted by atomic mass is 9.85. The highest BCUT2D eigenvalue weighted by atomic mass is 16.3. The van der Waals surface area contributed by atoms with Crippen LogP contribution in [0.3, 0.4) is 0 Å². The average Bonchev–Trinajstić information content (AvgIpc) is 2.54. The highest BCUT2D eigenvalue weighted by Gasteiger charge is 2.41. The van der Waals surface area contributed by atoms with Crippen molar-refractivity contribution in [3.8, 4) is 6.07 Å². The van der Waals surface area contributed by atoms with Gasteiger partial charge in [0, 0.05) is 31.5 Å². The zero-order valence-electron chi connectivity index (χ0n) is 12.3. The molecule has 2 unspecified atom stereocenters. The van der Waals surface area contributed by atoms with E-state index in [1.54, 1.807) is 29.2 Å². The van der Waals surface area contributed by atoms with E-state index < -0.39 is 11.6 Å². The number of hydrogen-bond acceptors (Lipinski definition) is 5. The van der Waals surface area contributed by atoms with Crippen molar-refractivity contribution in [1.82, 2.24) is 10.2 Å². The predicted octanol–water partition coefficient (Wildman–Crippen LogP) is 0.0730. The second-order valence-electron chi connectivity index (χ2n) is 5.52. The number of nitrogens with zero attached hydrogens (tertiary/aromatic N) is 2. The lowest BCUT2D eigenvalue weighted by Gasteiger charge is -2.38. The Balaban J connectivity index is 2.19. The van der Waals surface area contributed by atoms with Crippen LogP contribution in [0.2, 0.25) is 0 Å². The number of allylic oxidation sites excluding steroid dienone is 2. The van der Waals surface area contributed by atoms with Crippen LogP contribution in [0.4, 0.5) is 0 Å². The molecule has 2 aliphatic rings. The third kappa shape index (κ3) is 3.16. The molecule has 1 heterocycles. The summed E-state index contributed by atoms with van der Waals surface area (Å²) in [6, 6.07) is 1.05. The number of aliphatic hydroxyl groups excluding tert-OH is 1. The Morgan fingerprint density at radius 2 is 2.36 bits per heavy atom. The smallest absolute Gasteiger partial charge is 0.247 e. The average molecular weight is 301 g/mol. The maximum atomic E-state index is 12.4. The Hall–Kier alpha value is -2.23. The molecule has 1 amide bonds. The van der Waals surface area contributed by atoms with Crippen LogP contribution in [0.5, 0.6) is 0 Å². The minimum atomic E-state index is -0.997. The maximum absolute atomic E-state index is 12.4. The summed E-state index contributed by atoms with van der Waals surface area (Å²) in [6.07, 6.45) is 7.14. The SMILES string of the molecule is C=CCN1CCC(=O)C(NC2(CO)C=CC=C(C#N)C2)C1=O. The maximum Gasteiger partial charge on any atom is 0.247 e. The first kappa shape index (κ1) is 16.1. The van der Waals surface area contributed by atoms with E-state index in [4.69, 9.17) is 5.26 Å². The van der Waals surface area contributed by atoms with E-state index in [0.29, 0.717) is 18.7 Å². The van der Waals surface area contributed by atoms with E-state index >= 15 is 0 Å². The number of Topliss-reactive ketones (excluding diaryl/α,β-unsaturated/α-hetero) is 1. The van der Waals surface area contributed by atoms with Gasteiger partial charge in [-0.15, -0.1) is 6.58 Å². The summed E-state index contributed by atoms with van der Waals surface area (Å²) in [4.78, 5) is 26.1. The zero-order valence-corrected chi connectivity index (χ0v) is 12.3. The summed E-state index contributed by atoms with van der Waals surface area (Å²) in [7, 11) is 0. The Bertz CT molecular complexity index is 588. The molecule has 0 bridgehead atoms. The molecule has 0 saturated carbocycles. The molecule has 2 rings (SSSR count). The minimum absolute atomic E-state index is 0.195. The van der Waals surface area contributed by atoms with Crippen molar-refractivity contribution in [2.75, 3.05) is 19.7 Å². The van der Waals surface area contributed by atoms with Crippen molar-refractivity contribution in [2.45, 2.75) is 24.4 Å². The highest BCUT2D eigenvalue weighted by molar-refractivity contribution is 6.07. The van der Waals surface area contributed by atoms with Gasteiger partial charge in [-0.2, -0.15) is 5.26 Å². The van der Waals surface area contributed by atoms with Crippen molar-refractivity contribution in [3.05, 3.63) is 36.5 Å². The minimum Gasteiger partial charge on any atom is -0.394 e. The quantitative estimate of drug-likeness (QED) is 0.554. The van der Waals surface area contributed by atoms with Gasteiger partial charge in [-0.1, -0.05) is 18.2 Å². The molecule has 1 aliphatic heterocycles. The van der Waals surface area contributed by atoms with Gasteiger partial charge >= 0.3 is 0 Å². The standard InChI is InChI=1S/C16H19N3O3/c1-2-7-19-8-5-13(21)14(15(19)22)18-16(11-20)6-3-4-12(9-16)10-17/h2-4,6,14,18,20H,1,5,7-9,11H2. The monoisotopic (exact) mass is 301 g/mol. The Kier molecular flexibility index (Phi) is 4.91. The molecular formula is C16H19N3O3. The Morgan fingerprint density at radius 3 is 3.00 bits per heavy atom.